The molecule has 1 saturated heterocycles. The number of hydrogen-bond donors (Lipinski definition) is 2. The van der Waals surface area contributed by atoms with Gasteiger partial charge in [0.15, 0.2) is 0 Å². The number of nitrogens with zero attached hydrogens (tertiary/aromatic N) is 4. The first-order chi connectivity index (χ1) is 20.5. The molecule has 218 valence electrons. The minimum atomic E-state index is -0.249. The molecule has 5 rings (SSSR count). The van der Waals surface area contributed by atoms with Crippen molar-refractivity contribution >= 4 is 40.5 Å². The van der Waals surface area contributed by atoms with Crippen molar-refractivity contribution in [2.24, 2.45) is 0 Å². The second kappa shape index (κ2) is 14.0. The lowest BCUT2D eigenvalue weighted by atomic mass is 10.2. The van der Waals surface area contributed by atoms with Gasteiger partial charge in [-0.15, -0.1) is 0 Å². The van der Waals surface area contributed by atoms with Crippen molar-refractivity contribution < 1.29 is 19.0 Å². The Kier molecular flexibility index (Phi) is 9.70. The van der Waals surface area contributed by atoms with Gasteiger partial charge in [0.1, 0.15) is 23.1 Å². The molecule has 0 atom stereocenters. The summed E-state index contributed by atoms with van der Waals surface area (Å²) in [5.41, 5.74) is 3.44. The summed E-state index contributed by atoms with van der Waals surface area (Å²) in [5, 5.41) is 6.26. The Morgan fingerprint density at radius 2 is 1.76 bits per heavy atom. The lowest BCUT2D eigenvalue weighted by Crippen LogP contribution is -2.44. The topological polar surface area (TPSA) is 101 Å². The van der Waals surface area contributed by atoms with E-state index in [1.54, 1.807) is 31.4 Å². The Labute approximate surface area is 250 Å². The van der Waals surface area contributed by atoms with Crippen molar-refractivity contribution in [3.8, 4) is 17.4 Å². The van der Waals surface area contributed by atoms with E-state index in [1.165, 1.54) is 6.20 Å². The molecule has 0 spiro atoms. The highest BCUT2D eigenvalue weighted by Gasteiger charge is 2.17. The number of carbonyl (C=O) groups excluding carboxylic acids is 1. The van der Waals surface area contributed by atoms with Crippen molar-refractivity contribution in [3.63, 3.8) is 0 Å². The van der Waals surface area contributed by atoms with Gasteiger partial charge in [-0.05, 0) is 49.0 Å². The molecule has 2 heterocycles. The molecule has 0 unspecified atom stereocenters. The van der Waals surface area contributed by atoms with Gasteiger partial charge in [0.2, 0.25) is 17.7 Å². The van der Waals surface area contributed by atoms with Crippen LogP contribution in [-0.2, 0) is 16.1 Å². The number of hydrogen-bond acceptors (Lipinski definition) is 9. The van der Waals surface area contributed by atoms with E-state index in [0.29, 0.717) is 29.7 Å². The Morgan fingerprint density at radius 1 is 1.00 bits per heavy atom. The molecule has 0 radical (unpaired) electrons. The third-order valence-corrected chi connectivity index (χ3v) is 6.97. The fourth-order valence-electron chi connectivity index (χ4n) is 4.40. The van der Waals surface area contributed by atoms with Crippen molar-refractivity contribution in [1.82, 2.24) is 14.9 Å². The molecule has 10 nitrogen and oxygen atoms in total. The third-order valence-electron chi connectivity index (χ3n) is 6.71. The predicted molar refractivity (Wildman–Crippen MR) is 164 cm³/mol. The van der Waals surface area contributed by atoms with Gasteiger partial charge in [0, 0.05) is 43.6 Å². The minimum absolute atomic E-state index is 0.0527. The van der Waals surface area contributed by atoms with Crippen LogP contribution >= 0.6 is 11.6 Å². The van der Waals surface area contributed by atoms with Gasteiger partial charge in [-0.3, -0.25) is 4.79 Å². The first-order valence-corrected chi connectivity index (χ1v) is 13.9. The highest BCUT2D eigenvalue weighted by molar-refractivity contribution is 6.31. The zero-order chi connectivity index (χ0) is 29.3. The molecule has 0 bridgehead atoms. The highest BCUT2D eigenvalue weighted by atomic mass is 35.5. The molecule has 1 amide bonds. The number of methoxy groups -OCH3 is 1. The van der Waals surface area contributed by atoms with Crippen LogP contribution in [0, 0.1) is 0 Å². The van der Waals surface area contributed by atoms with Gasteiger partial charge in [0.05, 0.1) is 25.6 Å². The number of ether oxygens (including phenoxy) is 3. The van der Waals surface area contributed by atoms with E-state index in [1.807, 2.05) is 42.5 Å². The Hall–Kier alpha value is -4.38. The van der Waals surface area contributed by atoms with Crippen LogP contribution in [0.2, 0.25) is 5.02 Å². The normalized spacial score (nSPS) is 13.5. The molecular formula is C31H33ClN6O4. The van der Waals surface area contributed by atoms with E-state index >= 15 is 0 Å². The van der Waals surface area contributed by atoms with Gasteiger partial charge in [-0.1, -0.05) is 41.9 Å². The number of anilines is 4. The van der Waals surface area contributed by atoms with E-state index < -0.39 is 0 Å². The summed E-state index contributed by atoms with van der Waals surface area (Å²) in [6.45, 7) is 4.28. The van der Waals surface area contributed by atoms with E-state index in [-0.39, 0.29) is 23.4 Å². The molecule has 3 aromatic carbocycles. The third kappa shape index (κ3) is 7.88. The molecule has 11 heteroatoms. The summed E-state index contributed by atoms with van der Waals surface area (Å²) in [7, 11) is 3.77. The Balaban J connectivity index is 1.17. The molecular weight excluding hydrogens is 556 g/mol. The summed E-state index contributed by atoms with van der Waals surface area (Å²) in [6, 6.07) is 22.6. The van der Waals surface area contributed by atoms with Crippen LogP contribution in [0.5, 0.6) is 17.4 Å². The molecule has 0 aliphatic carbocycles. The van der Waals surface area contributed by atoms with E-state index in [9.17, 15) is 4.79 Å². The maximum atomic E-state index is 12.2. The van der Waals surface area contributed by atoms with E-state index in [4.69, 9.17) is 25.8 Å². The standard InChI is InChI=1S/C31H33ClN6O4/c1-37-14-16-38(17-15-37)24-10-13-27(28(18-24)40-2)35-31-33-19-26(32)30(36-31)42-25-11-8-23(9-12-25)34-29(39)21-41-20-22-6-4-3-5-7-22/h3-13,18-19H,14-17,20-21H2,1-2H3,(H,34,39)(H,33,35,36). The fourth-order valence-corrected chi connectivity index (χ4v) is 4.53. The number of rotatable bonds is 11. The zero-order valence-electron chi connectivity index (χ0n) is 23.5. The van der Waals surface area contributed by atoms with Crippen molar-refractivity contribution in [2.75, 3.05) is 62.5 Å². The number of aromatic nitrogens is 2. The van der Waals surface area contributed by atoms with E-state index in [2.05, 4.69) is 43.5 Å². The maximum absolute atomic E-state index is 12.2. The Morgan fingerprint density at radius 3 is 2.50 bits per heavy atom. The van der Waals surface area contributed by atoms with Crippen molar-refractivity contribution in [3.05, 3.63) is 89.6 Å². The van der Waals surface area contributed by atoms with Gasteiger partial charge >= 0.3 is 0 Å². The monoisotopic (exact) mass is 588 g/mol. The number of amides is 1. The number of piperazine rings is 1. The van der Waals surface area contributed by atoms with Crippen molar-refractivity contribution in [1.29, 1.82) is 0 Å². The second-order valence-electron chi connectivity index (χ2n) is 9.80. The molecule has 1 aromatic heterocycles. The lowest BCUT2D eigenvalue weighted by Gasteiger charge is -2.34. The van der Waals surface area contributed by atoms with Crippen LogP contribution in [-0.4, -0.2) is 67.7 Å². The van der Waals surface area contributed by atoms with Gasteiger partial charge < -0.3 is 34.6 Å². The molecule has 1 aliphatic heterocycles. The summed E-state index contributed by atoms with van der Waals surface area (Å²) < 4.78 is 17.1. The summed E-state index contributed by atoms with van der Waals surface area (Å²) >= 11 is 6.34. The number of halogens is 1. The summed E-state index contributed by atoms with van der Waals surface area (Å²) in [5.74, 6) is 1.42. The molecule has 4 aromatic rings. The maximum Gasteiger partial charge on any atom is 0.250 e. The van der Waals surface area contributed by atoms with Gasteiger partial charge in [0.25, 0.3) is 0 Å². The fraction of sp³-hybridized carbons (Fsp3) is 0.258. The highest BCUT2D eigenvalue weighted by Crippen LogP contribution is 2.33. The molecule has 1 aliphatic rings. The van der Waals surface area contributed by atoms with Crippen LogP contribution < -0.4 is 25.0 Å². The van der Waals surface area contributed by atoms with Crippen LogP contribution in [0.3, 0.4) is 0 Å². The summed E-state index contributed by atoms with van der Waals surface area (Å²) in [4.78, 5) is 25.7. The Bertz CT molecular complexity index is 1480. The average Bonchev–Trinajstić information content (AvgIpc) is 3.01. The lowest BCUT2D eigenvalue weighted by molar-refractivity contribution is -0.121. The number of benzene rings is 3. The summed E-state index contributed by atoms with van der Waals surface area (Å²) in [6.07, 6.45) is 1.47. The van der Waals surface area contributed by atoms with Crippen LogP contribution in [0.1, 0.15) is 5.56 Å². The van der Waals surface area contributed by atoms with Crippen LogP contribution in [0.15, 0.2) is 79.0 Å². The largest absolute Gasteiger partial charge is 0.494 e. The SMILES string of the molecule is COc1cc(N2CCN(C)CC2)ccc1Nc1ncc(Cl)c(Oc2ccc(NC(=O)COCc3ccccc3)cc2)n1. The van der Waals surface area contributed by atoms with E-state index in [0.717, 1.165) is 43.1 Å². The second-order valence-corrected chi connectivity index (χ2v) is 10.2. The molecule has 2 N–H and O–H groups in total. The van der Waals surface area contributed by atoms with Gasteiger partial charge in [-0.2, -0.15) is 4.98 Å². The number of nitrogens with one attached hydrogen (secondary N) is 2. The van der Waals surface area contributed by atoms with Gasteiger partial charge in [-0.25, -0.2) is 4.98 Å². The number of likely N-dealkylation sites (N-methyl/N-ethyl adjacent to an activating group) is 1. The average molecular weight is 589 g/mol. The van der Waals surface area contributed by atoms with Crippen LogP contribution in [0.4, 0.5) is 23.0 Å². The quantitative estimate of drug-likeness (QED) is 0.232. The number of carbonyl (C=O) groups is 1. The smallest absolute Gasteiger partial charge is 0.250 e. The van der Waals surface area contributed by atoms with Crippen LogP contribution in [0.25, 0.3) is 0 Å². The first kappa shape index (κ1) is 29.1. The van der Waals surface area contributed by atoms with Crippen molar-refractivity contribution in [2.45, 2.75) is 6.61 Å². The predicted octanol–water partition coefficient (Wildman–Crippen LogP) is 5.58. The molecule has 42 heavy (non-hydrogen) atoms. The zero-order valence-corrected chi connectivity index (χ0v) is 24.3. The first-order valence-electron chi connectivity index (χ1n) is 13.6. The minimum Gasteiger partial charge on any atom is -0.494 e. The molecule has 1 fully saturated rings. The molecule has 0 saturated carbocycles.